The van der Waals surface area contributed by atoms with Crippen molar-refractivity contribution in [1.29, 1.82) is 0 Å². The molecule has 1 aliphatic carbocycles. The van der Waals surface area contributed by atoms with Crippen molar-refractivity contribution in [2.24, 2.45) is 0 Å². The predicted octanol–water partition coefficient (Wildman–Crippen LogP) is -0.179. The van der Waals surface area contributed by atoms with Gasteiger partial charge in [0.05, 0.1) is 13.0 Å². The fourth-order valence-electron chi connectivity index (χ4n) is 4.07. The molecule has 11 heteroatoms. The van der Waals surface area contributed by atoms with Crippen LogP contribution in [0.5, 0.6) is 0 Å². The Hall–Kier alpha value is -4.15. The summed E-state index contributed by atoms with van der Waals surface area (Å²) < 4.78 is 1.07. The van der Waals surface area contributed by atoms with Crippen LogP contribution in [0.15, 0.2) is 42.7 Å². The van der Waals surface area contributed by atoms with Gasteiger partial charge in [0.1, 0.15) is 0 Å². The minimum Gasteiger partial charge on any atom is -0.571 e. The number of benzene rings is 1. The first-order chi connectivity index (χ1) is 15.5. The lowest BCUT2D eigenvalue weighted by atomic mass is 9.90. The molecule has 0 unspecified atom stereocenters. The van der Waals surface area contributed by atoms with Crippen molar-refractivity contribution in [3.63, 3.8) is 0 Å². The molecule has 0 N–H and O–H groups in total. The number of hydrogen-bond donors (Lipinski definition) is 0. The van der Waals surface area contributed by atoms with Gasteiger partial charge in [-0.15, -0.1) is 4.68 Å². The molecule has 3 heterocycles. The molecule has 1 saturated heterocycles. The van der Waals surface area contributed by atoms with E-state index in [1.807, 2.05) is 4.90 Å². The fraction of sp³-hybridized carbons (Fsp3) is 0.286. The third-order valence-corrected chi connectivity index (χ3v) is 5.73. The number of amides is 1. The van der Waals surface area contributed by atoms with E-state index < -0.39 is 11.6 Å². The second kappa shape index (κ2) is 7.84. The summed E-state index contributed by atoms with van der Waals surface area (Å²) in [7, 11) is 0. The average Bonchev–Trinajstić information content (AvgIpc) is 3.18. The monoisotopic (exact) mass is 433 g/mol. The molecule has 2 aliphatic rings. The molecular formula is C21H19N7O4. The van der Waals surface area contributed by atoms with Crippen LogP contribution in [0.2, 0.25) is 0 Å². The zero-order chi connectivity index (χ0) is 22.2. The summed E-state index contributed by atoms with van der Waals surface area (Å²) in [4.78, 5) is 50.7. The van der Waals surface area contributed by atoms with E-state index in [9.17, 15) is 19.6 Å². The van der Waals surface area contributed by atoms with E-state index in [0.717, 1.165) is 4.68 Å². The normalized spacial score (nSPS) is 15.5. The van der Waals surface area contributed by atoms with Crippen LogP contribution in [0, 0.1) is 5.21 Å². The van der Waals surface area contributed by atoms with Gasteiger partial charge < -0.3 is 15.0 Å². The first-order valence-electron chi connectivity index (χ1n) is 10.2. The number of hydrogen-bond acceptors (Lipinski definition) is 8. The number of rotatable bonds is 4. The van der Waals surface area contributed by atoms with E-state index >= 15 is 0 Å². The smallest absolute Gasteiger partial charge is 0.225 e. The van der Waals surface area contributed by atoms with Gasteiger partial charge in [0, 0.05) is 59.8 Å². The highest BCUT2D eigenvalue weighted by Crippen LogP contribution is 2.25. The van der Waals surface area contributed by atoms with Crippen molar-refractivity contribution in [2.75, 3.05) is 31.1 Å². The number of aromatic nitrogens is 5. The number of carbonyl (C=O) groups is 3. The summed E-state index contributed by atoms with van der Waals surface area (Å²) in [5.74, 6) is -0.429. The van der Waals surface area contributed by atoms with E-state index in [1.54, 1.807) is 41.6 Å². The van der Waals surface area contributed by atoms with Crippen molar-refractivity contribution in [3.05, 3.63) is 70.4 Å². The lowest BCUT2D eigenvalue weighted by Crippen LogP contribution is -2.50. The minimum absolute atomic E-state index is 0.00991. The van der Waals surface area contributed by atoms with Gasteiger partial charge >= 0.3 is 0 Å². The zero-order valence-corrected chi connectivity index (χ0v) is 17.0. The summed E-state index contributed by atoms with van der Waals surface area (Å²) >= 11 is 0. The van der Waals surface area contributed by atoms with Crippen LogP contribution in [0.3, 0.4) is 0 Å². The van der Waals surface area contributed by atoms with Gasteiger partial charge in [0.15, 0.2) is 5.69 Å². The zero-order valence-electron chi connectivity index (χ0n) is 17.0. The van der Waals surface area contributed by atoms with E-state index in [0.29, 0.717) is 32.1 Å². The molecule has 5 rings (SSSR count). The SMILES string of the molecule is O=C1c2ccccc2C(=O)c2c1n[n+]([O-])n2CCC(=O)N1CCN(c2ncccn2)CC1. The molecule has 0 spiro atoms. The maximum atomic E-state index is 12.9. The number of nitrogens with zero attached hydrogens (tertiary/aromatic N) is 7. The predicted molar refractivity (Wildman–Crippen MR) is 110 cm³/mol. The van der Waals surface area contributed by atoms with Gasteiger partial charge in [-0.1, -0.05) is 24.3 Å². The van der Waals surface area contributed by atoms with Gasteiger partial charge in [0.2, 0.25) is 29.1 Å². The van der Waals surface area contributed by atoms with Crippen LogP contribution in [0.25, 0.3) is 0 Å². The minimum atomic E-state index is -0.468. The Morgan fingerprint density at radius 3 is 2.31 bits per heavy atom. The molecule has 0 bridgehead atoms. The molecule has 1 fully saturated rings. The van der Waals surface area contributed by atoms with Crippen molar-refractivity contribution in [2.45, 2.75) is 13.0 Å². The van der Waals surface area contributed by atoms with Gasteiger partial charge in [-0.2, -0.15) is 0 Å². The number of anilines is 1. The third-order valence-electron chi connectivity index (χ3n) is 5.73. The van der Waals surface area contributed by atoms with Crippen LogP contribution in [0.1, 0.15) is 38.5 Å². The topological polar surface area (TPSA) is 128 Å². The van der Waals surface area contributed by atoms with E-state index in [-0.39, 0.29) is 46.3 Å². The van der Waals surface area contributed by atoms with Crippen molar-refractivity contribution >= 4 is 23.4 Å². The highest BCUT2D eigenvalue weighted by atomic mass is 16.5. The van der Waals surface area contributed by atoms with Crippen LogP contribution in [-0.4, -0.2) is 68.3 Å². The first-order valence-corrected chi connectivity index (χ1v) is 10.2. The van der Waals surface area contributed by atoms with Crippen LogP contribution < -0.4 is 9.86 Å². The van der Waals surface area contributed by atoms with Gasteiger partial charge in [-0.3, -0.25) is 14.4 Å². The molecule has 1 amide bonds. The molecule has 0 atom stereocenters. The highest BCUT2D eigenvalue weighted by molar-refractivity contribution is 6.26. The summed E-state index contributed by atoms with van der Waals surface area (Å²) in [5, 5.41) is 16.1. The molecule has 1 aromatic carbocycles. The average molecular weight is 433 g/mol. The van der Waals surface area contributed by atoms with Gasteiger partial charge in [0.25, 0.3) is 0 Å². The van der Waals surface area contributed by atoms with Crippen LogP contribution in [-0.2, 0) is 11.3 Å². The fourth-order valence-corrected chi connectivity index (χ4v) is 4.07. The molecule has 162 valence electrons. The molecule has 0 saturated carbocycles. The van der Waals surface area contributed by atoms with E-state index in [2.05, 4.69) is 15.1 Å². The second-order valence-corrected chi connectivity index (χ2v) is 7.54. The molecule has 1 aliphatic heterocycles. The summed E-state index contributed by atoms with van der Waals surface area (Å²) in [5.41, 5.74) is 0.221. The van der Waals surface area contributed by atoms with Gasteiger partial charge in [-0.25, -0.2) is 9.97 Å². The maximum Gasteiger partial charge on any atom is 0.225 e. The van der Waals surface area contributed by atoms with Crippen LogP contribution >= 0.6 is 0 Å². The maximum absolute atomic E-state index is 12.9. The Bertz CT molecular complexity index is 1220. The Balaban J connectivity index is 1.27. The van der Waals surface area contributed by atoms with E-state index in [1.165, 1.54) is 6.07 Å². The summed E-state index contributed by atoms with van der Waals surface area (Å²) in [6, 6.07) is 8.14. The Labute approximate surface area is 182 Å². The molecule has 0 radical (unpaired) electrons. The lowest BCUT2D eigenvalue weighted by molar-refractivity contribution is -0.749. The van der Waals surface area contributed by atoms with Crippen molar-refractivity contribution in [3.8, 4) is 0 Å². The largest absolute Gasteiger partial charge is 0.571 e. The number of piperazine rings is 1. The number of fused-ring (bicyclic) bond motifs is 2. The Morgan fingerprint density at radius 2 is 1.62 bits per heavy atom. The highest BCUT2D eigenvalue weighted by Gasteiger charge is 2.39. The Morgan fingerprint density at radius 1 is 0.969 bits per heavy atom. The van der Waals surface area contributed by atoms with Crippen molar-refractivity contribution < 1.29 is 19.3 Å². The van der Waals surface area contributed by atoms with Crippen LogP contribution in [0.4, 0.5) is 5.95 Å². The van der Waals surface area contributed by atoms with Gasteiger partial charge in [-0.05, 0) is 6.07 Å². The standard InChI is InChI=1S/C21H19N7O4/c29-16(25-10-12-26(13-11-25)21-22-7-3-8-23-21)6-9-27-18-17(24-28(27)32)19(30)14-4-1-2-5-15(14)20(18)31/h1-5,7-8H,6,9-13H2. The number of carbonyl (C=O) groups excluding carboxylic acids is 3. The molecule has 32 heavy (non-hydrogen) atoms. The van der Waals surface area contributed by atoms with E-state index in [4.69, 9.17) is 0 Å². The first kappa shape index (κ1) is 19.8. The lowest BCUT2D eigenvalue weighted by Gasteiger charge is -2.34. The third kappa shape index (κ3) is 3.27. The molecule has 2 aromatic heterocycles. The second-order valence-electron chi connectivity index (χ2n) is 7.54. The quantitative estimate of drug-likeness (QED) is 0.320. The summed E-state index contributed by atoms with van der Waals surface area (Å²) in [6.45, 7) is 2.15. The molecule has 3 aromatic rings. The number of ketones is 2. The Kier molecular flexibility index (Phi) is 4.85. The summed E-state index contributed by atoms with van der Waals surface area (Å²) in [6.07, 6.45) is 3.36. The molecular weight excluding hydrogens is 414 g/mol. The van der Waals surface area contributed by atoms with Crippen molar-refractivity contribution in [1.82, 2.24) is 24.6 Å². The molecule has 11 nitrogen and oxygen atoms in total.